The lowest BCUT2D eigenvalue weighted by molar-refractivity contribution is 0.0126. The van der Waals surface area contributed by atoms with E-state index < -0.39 is 11.6 Å². The standard InChI is InChI=1S/C16H22ClNO5S/c1-16(2,3)23-15(20)18-7-5-10(6-8-18)22-11-9-12(17)24-13(11)14(19)21-4/h9-10H,5-8H2,1-4H3. The second kappa shape index (κ2) is 7.61. The number of esters is 1. The highest BCUT2D eigenvalue weighted by molar-refractivity contribution is 7.18. The number of ether oxygens (including phenoxy) is 3. The van der Waals surface area contributed by atoms with Crippen LogP contribution in [0.4, 0.5) is 4.79 Å². The van der Waals surface area contributed by atoms with Crippen LogP contribution in [0.5, 0.6) is 5.75 Å². The number of thiophene rings is 1. The smallest absolute Gasteiger partial charge is 0.410 e. The molecule has 0 saturated carbocycles. The van der Waals surface area contributed by atoms with Gasteiger partial charge in [-0.15, -0.1) is 11.3 Å². The predicted octanol–water partition coefficient (Wildman–Crippen LogP) is 3.97. The molecule has 0 bridgehead atoms. The van der Waals surface area contributed by atoms with Gasteiger partial charge >= 0.3 is 12.1 Å². The van der Waals surface area contributed by atoms with Gasteiger partial charge < -0.3 is 19.1 Å². The molecule has 2 rings (SSSR count). The summed E-state index contributed by atoms with van der Waals surface area (Å²) in [6.45, 7) is 6.62. The van der Waals surface area contributed by atoms with Crippen molar-refractivity contribution in [3.63, 3.8) is 0 Å². The molecule has 0 aromatic carbocycles. The molecule has 0 N–H and O–H groups in total. The first-order valence-corrected chi connectivity index (χ1v) is 8.91. The second-order valence-corrected chi connectivity index (χ2v) is 8.20. The summed E-state index contributed by atoms with van der Waals surface area (Å²) < 4.78 is 16.5. The number of halogens is 1. The summed E-state index contributed by atoms with van der Waals surface area (Å²) in [7, 11) is 1.32. The van der Waals surface area contributed by atoms with E-state index in [-0.39, 0.29) is 12.2 Å². The molecule has 6 nitrogen and oxygen atoms in total. The van der Waals surface area contributed by atoms with Crippen LogP contribution in [-0.4, -0.2) is 48.9 Å². The van der Waals surface area contributed by atoms with Gasteiger partial charge in [0, 0.05) is 32.0 Å². The fraction of sp³-hybridized carbons (Fsp3) is 0.625. The zero-order valence-electron chi connectivity index (χ0n) is 14.3. The largest absolute Gasteiger partial charge is 0.488 e. The van der Waals surface area contributed by atoms with Gasteiger partial charge in [-0.25, -0.2) is 9.59 Å². The van der Waals surface area contributed by atoms with Crippen molar-refractivity contribution in [1.82, 2.24) is 4.90 Å². The topological polar surface area (TPSA) is 65.1 Å². The number of piperidine rings is 1. The van der Waals surface area contributed by atoms with Crippen molar-refractivity contribution in [1.29, 1.82) is 0 Å². The number of rotatable bonds is 3. The molecule has 134 valence electrons. The SMILES string of the molecule is COC(=O)c1sc(Cl)cc1OC1CCN(C(=O)OC(C)(C)C)CC1. The molecule has 24 heavy (non-hydrogen) atoms. The monoisotopic (exact) mass is 375 g/mol. The van der Waals surface area contributed by atoms with Crippen LogP contribution < -0.4 is 4.74 Å². The molecule has 0 unspecified atom stereocenters. The number of hydrogen-bond acceptors (Lipinski definition) is 6. The molecule has 0 radical (unpaired) electrons. The van der Waals surface area contributed by atoms with Gasteiger partial charge in [-0.1, -0.05) is 11.6 Å². The first-order valence-electron chi connectivity index (χ1n) is 7.72. The van der Waals surface area contributed by atoms with Gasteiger partial charge in [0.15, 0.2) is 4.88 Å². The molecular formula is C16H22ClNO5S. The number of amides is 1. The van der Waals surface area contributed by atoms with Crippen LogP contribution in [-0.2, 0) is 9.47 Å². The summed E-state index contributed by atoms with van der Waals surface area (Å²) in [5, 5.41) is 0. The maximum absolute atomic E-state index is 12.1. The van der Waals surface area contributed by atoms with Crippen LogP contribution in [0.1, 0.15) is 43.3 Å². The van der Waals surface area contributed by atoms with E-state index in [9.17, 15) is 9.59 Å². The lowest BCUT2D eigenvalue weighted by Gasteiger charge is -2.33. The van der Waals surface area contributed by atoms with E-state index in [0.717, 1.165) is 11.3 Å². The van der Waals surface area contributed by atoms with Gasteiger partial charge in [-0.05, 0) is 20.8 Å². The van der Waals surface area contributed by atoms with Gasteiger partial charge in [0.2, 0.25) is 0 Å². The summed E-state index contributed by atoms with van der Waals surface area (Å²) in [4.78, 5) is 25.8. The zero-order valence-corrected chi connectivity index (χ0v) is 15.8. The molecule has 1 aliphatic heterocycles. The molecule has 1 aromatic heterocycles. The van der Waals surface area contributed by atoms with E-state index in [0.29, 0.717) is 40.9 Å². The van der Waals surface area contributed by atoms with Crippen molar-refractivity contribution < 1.29 is 23.8 Å². The van der Waals surface area contributed by atoms with E-state index in [2.05, 4.69) is 0 Å². The normalized spacial score (nSPS) is 16.0. The van der Waals surface area contributed by atoms with E-state index in [1.165, 1.54) is 7.11 Å². The summed E-state index contributed by atoms with van der Waals surface area (Å²) in [5.74, 6) is -0.0272. The van der Waals surface area contributed by atoms with Crippen LogP contribution in [0.15, 0.2) is 6.07 Å². The van der Waals surface area contributed by atoms with Crippen LogP contribution in [0.2, 0.25) is 4.34 Å². The minimum Gasteiger partial charge on any atom is -0.488 e. The van der Waals surface area contributed by atoms with Crippen molar-refractivity contribution in [2.45, 2.75) is 45.3 Å². The van der Waals surface area contributed by atoms with Crippen LogP contribution in [0.25, 0.3) is 0 Å². The first kappa shape index (κ1) is 18.9. The molecule has 0 atom stereocenters. The average molecular weight is 376 g/mol. The number of likely N-dealkylation sites (tertiary alicyclic amines) is 1. The number of carbonyl (C=O) groups is 2. The zero-order chi connectivity index (χ0) is 17.9. The maximum Gasteiger partial charge on any atom is 0.410 e. The van der Waals surface area contributed by atoms with Gasteiger partial charge in [0.1, 0.15) is 17.5 Å². The quantitative estimate of drug-likeness (QED) is 0.748. The molecule has 0 aliphatic carbocycles. The fourth-order valence-electron chi connectivity index (χ4n) is 2.33. The van der Waals surface area contributed by atoms with E-state index in [4.69, 9.17) is 25.8 Å². The minimum atomic E-state index is -0.507. The summed E-state index contributed by atoms with van der Waals surface area (Å²) in [5.41, 5.74) is -0.507. The Balaban J connectivity index is 1.92. The highest BCUT2D eigenvalue weighted by Gasteiger charge is 2.29. The third kappa shape index (κ3) is 5.01. The van der Waals surface area contributed by atoms with Crippen molar-refractivity contribution in [3.05, 3.63) is 15.3 Å². The third-order valence-electron chi connectivity index (χ3n) is 3.43. The fourth-order valence-corrected chi connectivity index (χ4v) is 3.40. The third-order valence-corrected chi connectivity index (χ3v) is 4.65. The molecule has 1 amide bonds. The molecule has 1 saturated heterocycles. The lowest BCUT2D eigenvalue weighted by atomic mass is 10.1. The van der Waals surface area contributed by atoms with E-state index in [1.54, 1.807) is 11.0 Å². The Labute approximate surface area is 150 Å². The lowest BCUT2D eigenvalue weighted by Crippen LogP contribution is -2.44. The Morgan fingerprint density at radius 2 is 1.92 bits per heavy atom. The molecule has 1 aromatic rings. The summed E-state index contributed by atoms with van der Waals surface area (Å²) in [6.07, 6.45) is 0.924. The van der Waals surface area contributed by atoms with Crippen molar-refractivity contribution >= 4 is 35.0 Å². The number of carbonyl (C=O) groups excluding carboxylic acids is 2. The molecule has 2 heterocycles. The van der Waals surface area contributed by atoms with Gasteiger partial charge in [-0.2, -0.15) is 0 Å². The van der Waals surface area contributed by atoms with Crippen molar-refractivity contribution in [2.24, 2.45) is 0 Å². The van der Waals surface area contributed by atoms with Crippen LogP contribution >= 0.6 is 22.9 Å². The van der Waals surface area contributed by atoms with Crippen molar-refractivity contribution in [3.8, 4) is 5.75 Å². The molecule has 1 fully saturated rings. The highest BCUT2D eigenvalue weighted by Crippen LogP contribution is 2.35. The number of nitrogens with zero attached hydrogens (tertiary/aromatic N) is 1. The highest BCUT2D eigenvalue weighted by atomic mass is 35.5. The van der Waals surface area contributed by atoms with E-state index in [1.807, 2.05) is 20.8 Å². The van der Waals surface area contributed by atoms with E-state index >= 15 is 0 Å². The number of methoxy groups -OCH3 is 1. The Morgan fingerprint density at radius 1 is 1.29 bits per heavy atom. The molecule has 0 spiro atoms. The average Bonchev–Trinajstić information content (AvgIpc) is 2.86. The van der Waals surface area contributed by atoms with Crippen LogP contribution in [0.3, 0.4) is 0 Å². The van der Waals surface area contributed by atoms with Gasteiger partial charge in [0.25, 0.3) is 0 Å². The Bertz CT molecular complexity index is 602. The summed E-state index contributed by atoms with van der Waals surface area (Å²) >= 11 is 7.10. The number of hydrogen-bond donors (Lipinski definition) is 0. The Hall–Kier alpha value is -1.47. The van der Waals surface area contributed by atoms with Gasteiger partial charge in [-0.3, -0.25) is 0 Å². The molecule has 1 aliphatic rings. The summed E-state index contributed by atoms with van der Waals surface area (Å²) in [6, 6.07) is 1.62. The Kier molecular flexibility index (Phi) is 5.98. The first-order chi connectivity index (χ1) is 11.2. The van der Waals surface area contributed by atoms with Crippen molar-refractivity contribution in [2.75, 3.05) is 20.2 Å². The van der Waals surface area contributed by atoms with Crippen LogP contribution in [0, 0.1) is 0 Å². The molecular weight excluding hydrogens is 354 g/mol. The second-order valence-electron chi connectivity index (χ2n) is 6.52. The maximum atomic E-state index is 12.1. The van der Waals surface area contributed by atoms with Gasteiger partial charge in [0.05, 0.1) is 11.4 Å². The Morgan fingerprint density at radius 3 is 2.46 bits per heavy atom. The minimum absolute atomic E-state index is 0.0854. The predicted molar refractivity (Wildman–Crippen MR) is 92.1 cm³/mol. The molecule has 8 heteroatoms.